The molecular formula is C19H24N6. The summed E-state index contributed by atoms with van der Waals surface area (Å²) >= 11 is 0. The van der Waals surface area contributed by atoms with E-state index in [0.717, 1.165) is 26.1 Å². The number of nitrogen functional groups attached to an aromatic ring is 1. The van der Waals surface area contributed by atoms with E-state index in [1.807, 2.05) is 6.07 Å². The summed E-state index contributed by atoms with van der Waals surface area (Å²) in [6, 6.07) is 13.2. The summed E-state index contributed by atoms with van der Waals surface area (Å²) in [5, 5.41) is 12.1. The quantitative estimate of drug-likeness (QED) is 0.843. The maximum absolute atomic E-state index is 8.87. The summed E-state index contributed by atoms with van der Waals surface area (Å²) in [5.41, 5.74) is 7.41. The second-order valence-corrected chi connectivity index (χ2v) is 6.43. The Balaban J connectivity index is 1.53. The average molecular weight is 336 g/mol. The molecule has 0 saturated carbocycles. The number of rotatable bonds is 6. The molecular weight excluding hydrogens is 312 g/mol. The van der Waals surface area contributed by atoms with Crippen molar-refractivity contribution >= 4 is 11.8 Å². The Morgan fingerprint density at radius 3 is 2.88 bits per heavy atom. The van der Waals surface area contributed by atoms with Gasteiger partial charge in [-0.1, -0.05) is 36.8 Å². The van der Waals surface area contributed by atoms with E-state index in [2.05, 4.69) is 50.5 Å². The number of nitrogens with zero attached hydrogens (tertiary/aromatic N) is 4. The summed E-state index contributed by atoms with van der Waals surface area (Å²) < 4.78 is 0. The number of nitrogens with one attached hydrogen (secondary N) is 1. The molecule has 3 rings (SSSR count). The van der Waals surface area contributed by atoms with Crippen LogP contribution in [-0.2, 0) is 6.54 Å². The van der Waals surface area contributed by atoms with Crippen LogP contribution in [0.4, 0.5) is 11.8 Å². The van der Waals surface area contributed by atoms with Crippen molar-refractivity contribution in [3.8, 4) is 6.07 Å². The first-order valence-electron chi connectivity index (χ1n) is 8.80. The van der Waals surface area contributed by atoms with Crippen LogP contribution in [0.1, 0.15) is 36.8 Å². The molecule has 6 nitrogen and oxygen atoms in total. The van der Waals surface area contributed by atoms with Crippen molar-refractivity contribution in [1.82, 2.24) is 14.9 Å². The molecule has 1 fully saturated rings. The molecule has 0 spiro atoms. The first-order valence-corrected chi connectivity index (χ1v) is 8.80. The lowest BCUT2D eigenvalue weighted by molar-refractivity contribution is 0.135. The van der Waals surface area contributed by atoms with Gasteiger partial charge in [-0.3, -0.25) is 4.90 Å². The molecule has 1 saturated heterocycles. The fourth-order valence-electron chi connectivity index (χ4n) is 3.33. The molecule has 1 atom stereocenters. The van der Waals surface area contributed by atoms with E-state index in [-0.39, 0.29) is 5.82 Å². The number of benzene rings is 1. The lowest BCUT2D eigenvalue weighted by Gasteiger charge is -2.36. The topological polar surface area (TPSA) is 90.9 Å². The Labute approximate surface area is 148 Å². The van der Waals surface area contributed by atoms with E-state index >= 15 is 0 Å². The summed E-state index contributed by atoms with van der Waals surface area (Å²) in [4.78, 5) is 10.9. The zero-order valence-electron chi connectivity index (χ0n) is 14.4. The smallest absolute Gasteiger partial charge is 0.224 e. The molecule has 1 aromatic carbocycles. The third-order valence-electron chi connectivity index (χ3n) is 4.68. The summed E-state index contributed by atoms with van der Waals surface area (Å²) in [6.07, 6.45) is 6.29. The number of nitriles is 1. The van der Waals surface area contributed by atoms with Crippen LogP contribution in [0.5, 0.6) is 0 Å². The van der Waals surface area contributed by atoms with Crippen LogP contribution in [0.15, 0.2) is 36.5 Å². The molecule has 1 aromatic heterocycles. The Kier molecular flexibility index (Phi) is 5.81. The summed E-state index contributed by atoms with van der Waals surface area (Å²) in [5.74, 6) is 0.713. The third-order valence-corrected chi connectivity index (χ3v) is 4.68. The highest BCUT2D eigenvalue weighted by atomic mass is 15.2. The molecule has 6 heteroatoms. The number of likely N-dealkylation sites (tertiary alicyclic amines) is 1. The highest BCUT2D eigenvalue weighted by Crippen LogP contribution is 2.22. The fraction of sp³-hybridized carbons (Fsp3) is 0.421. The van der Waals surface area contributed by atoms with E-state index in [1.54, 1.807) is 0 Å². The predicted molar refractivity (Wildman–Crippen MR) is 98.8 cm³/mol. The number of anilines is 2. The van der Waals surface area contributed by atoms with Gasteiger partial charge in [-0.2, -0.15) is 10.2 Å². The minimum Gasteiger partial charge on any atom is -0.382 e. The van der Waals surface area contributed by atoms with E-state index < -0.39 is 0 Å². The van der Waals surface area contributed by atoms with Crippen LogP contribution in [0.25, 0.3) is 0 Å². The van der Waals surface area contributed by atoms with Gasteiger partial charge in [0, 0.05) is 19.1 Å². The largest absolute Gasteiger partial charge is 0.382 e. The van der Waals surface area contributed by atoms with Crippen LogP contribution in [0, 0.1) is 11.3 Å². The van der Waals surface area contributed by atoms with Crippen molar-refractivity contribution in [2.24, 2.45) is 0 Å². The van der Waals surface area contributed by atoms with E-state index in [4.69, 9.17) is 11.0 Å². The van der Waals surface area contributed by atoms with E-state index in [9.17, 15) is 0 Å². The molecule has 0 radical (unpaired) electrons. The molecule has 0 amide bonds. The van der Waals surface area contributed by atoms with Gasteiger partial charge in [0.05, 0.1) is 6.20 Å². The highest BCUT2D eigenvalue weighted by Gasteiger charge is 2.22. The van der Waals surface area contributed by atoms with Crippen molar-refractivity contribution in [3.63, 3.8) is 0 Å². The second-order valence-electron chi connectivity index (χ2n) is 6.43. The Hall–Kier alpha value is -2.65. The number of hydrogen-bond donors (Lipinski definition) is 2. The zero-order valence-corrected chi connectivity index (χ0v) is 14.4. The van der Waals surface area contributed by atoms with Crippen molar-refractivity contribution < 1.29 is 0 Å². The number of nitrogens with two attached hydrogens (primary N) is 1. The summed E-state index contributed by atoms with van der Waals surface area (Å²) in [6.45, 7) is 2.95. The van der Waals surface area contributed by atoms with Crippen molar-refractivity contribution in [3.05, 3.63) is 47.7 Å². The van der Waals surface area contributed by atoms with Gasteiger partial charge >= 0.3 is 0 Å². The minimum atomic E-state index is 0.225. The second kappa shape index (κ2) is 8.45. The molecule has 25 heavy (non-hydrogen) atoms. The van der Waals surface area contributed by atoms with Crippen molar-refractivity contribution in [1.29, 1.82) is 5.26 Å². The molecule has 0 aliphatic carbocycles. The number of hydrogen-bond acceptors (Lipinski definition) is 6. The van der Waals surface area contributed by atoms with Gasteiger partial charge in [-0.25, -0.2) is 4.98 Å². The first kappa shape index (κ1) is 17.2. The standard InChI is InChI=1S/C19H24N6/c20-12-16-13-23-19(24-18(16)21)22-10-9-17-8-4-5-11-25(17)14-15-6-2-1-3-7-15/h1-3,6-7,13,17H,4-5,8-11,14H2,(H3,21,22,23,24). The fourth-order valence-corrected chi connectivity index (χ4v) is 3.33. The van der Waals surface area contributed by atoms with Gasteiger partial charge in [0.15, 0.2) is 0 Å². The highest BCUT2D eigenvalue weighted by molar-refractivity contribution is 5.49. The molecule has 2 heterocycles. The maximum atomic E-state index is 8.87. The molecule has 1 aliphatic heterocycles. The lowest BCUT2D eigenvalue weighted by atomic mass is 9.98. The van der Waals surface area contributed by atoms with Crippen LogP contribution in [0.3, 0.4) is 0 Å². The monoisotopic (exact) mass is 336 g/mol. The Morgan fingerprint density at radius 1 is 1.28 bits per heavy atom. The first-order chi connectivity index (χ1) is 12.3. The molecule has 130 valence electrons. The number of aromatic nitrogens is 2. The molecule has 1 aliphatic rings. The van der Waals surface area contributed by atoms with Gasteiger partial charge in [-0.05, 0) is 31.4 Å². The van der Waals surface area contributed by atoms with Crippen LogP contribution >= 0.6 is 0 Å². The van der Waals surface area contributed by atoms with Gasteiger partial charge in [-0.15, -0.1) is 0 Å². The average Bonchev–Trinajstić information content (AvgIpc) is 2.64. The molecule has 0 bridgehead atoms. The van der Waals surface area contributed by atoms with Gasteiger partial charge in [0.25, 0.3) is 0 Å². The molecule has 1 unspecified atom stereocenters. The number of piperidine rings is 1. The van der Waals surface area contributed by atoms with Gasteiger partial charge < -0.3 is 11.1 Å². The lowest BCUT2D eigenvalue weighted by Crippen LogP contribution is -2.40. The van der Waals surface area contributed by atoms with Gasteiger partial charge in [0.2, 0.25) is 5.95 Å². The van der Waals surface area contributed by atoms with E-state index in [0.29, 0.717) is 17.6 Å². The van der Waals surface area contributed by atoms with Crippen LogP contribution in [-0.4, -0.2) is 34.0 Å². The SMILES string of the molecule is N#Cc1cnc(NCCC2CCCCN2Cc2ccccc2)nc1N. The zero-order chi connectivity index (χ0) is 17.5. The third kappa shape index (κ3) is 4.68. The Morgan fingerprint density at radius 2 is 2.12 bits per heavy atom. The van der Waals surface area contributed by atoms with Crippen LogP contribution in [0.2, 0.25) is 0 Å². The maximum Gasteiger partial charge on any atom is 0.224 e. The van der Waals surface area contributed by atoms with Crippen molar-refractivity contribution in [2.75, 3.05) is 24.1 Å². The summed E-state index contributed by atoms with van der Waals surface area (Å²) in [7, 11) is 0. The molecule has 3 N–H and O–H groups in total. The minimum absolute atomic E-state index is 0.225. The van der Waals surface area contributed by atoms with Gasteiger partial charge in [0.1, 0.15) is 17.5 Å². The predicted octanol–water partition coefficient (Wildman–Crippen LogP) is 2.79. The molecule has 2 aromatic rings. The van der Waals surface area contributed by atoms with Crippen molar-refractivity contribution in [2.45, 2.75) is 38.3 Å². The normalized spacial score (nSPS) is 17.8. The van der Waals surface area contributed by atoms with Crippen LogP contribution < -0.4 is 11.1 Å². The van der Waals surface area contributed by atoms with E-state index in [1.165, 1.54) is 31.0 Å². The Bertz CT molecular complexity index is 724.